The molecule has 4 N–H and O–H groups in total. The number of hydrogen-bond acceptors (Lipinski definition) is 6. The molecule has 1 unspecified atom stereocenters. The number of carbonyl (C=O) groups excluding carboxylic acids is 1. The lowest BCUT2D eigenvalue weighted by molar-refractivity contribution is -0.120. The SMILES string of the molecule is COc1cc(NC(C)CCCNC(=O)CNC(O)=C2C=CC=C2)c2ncccc2c1. The maximum absolute atomic E-state index is 11.9. The van der Waals surface area contributed by atoms with Gasteiger partial charge in [0.1, 0.15) is 5.75 Å². The van der Waals surface area contributed by atoms with Crippen LogP contribution in [0, 0.1) is 0 Å². The number of nitrogens with zero attached hydrogens (tertiary/aromatic N) is 1. The fraction of sp³-hybridized carbons (Fsp3) is 0.304. The van der Waals surface area contributed by atoms with Gasteiger partial charge in [-0.2, -0.15) is 0 Å². The topological polar surface area (TPSA) is 95.5 Å². The first kappa shape index (κ1) is 21.2. The van der Waals surface area contributed by atoms with Gasteiger partial charge in [0, 0.05) is 35.8 Å². The Morgan fingerprint density at radius 3 is 2.80 bits per heavy atom. The van der Waals surface area contributed by atoms with E-state index in [4.69, 9.17) is 4.74 Å². The van der Waals surface area contributed by atoms with Gasteiger partial charge in [0.05, 0.1) is 24.9 Å². The summed E-state index contributed by atoms with van der Waals surface area (Å²) in [6, 6.07) is 8.04. The average Bonchev–Trinajstić information content (AvgIpc) is 3.30. The van der Waals surface area contributed by atoms with Crippen molar-refractivity contribution in [1.82, 2.24) is 15.6 Å². The van der Waals surface area contributed by atoms with E-state index in [-0.39, 0.29) is 24.4 Å². The smallest absolute Gasteiger partial charge is 0.239 e. The third kappa shape index (κ3) is 5.76. The Labute approximate surface area is 176 Å². The minimum absolute atomic E-state index is 0.00657. The number of amides is 1. The standard InChI is InChI=1S/C23H28N4O3/c1-16(27-20-14-19(30-2)13-18-10-6-12-25-22(18)20)7-5-11-24-21(28)15-26-23(29)17-8-3-4-9-17/h3-4,6,8-10,12-14,16,26-27,29H,5,7,11,15H2,1-2H3,(H,24,28). The number of aliphatic hydroxyl groups is 1. The molecule has 1 aliphatic rings. The van der Waals surface area contributed by atoms with Crippen LogP contribution in [0.25, 0.3) is 10.9 Å². The van der Waals surface area contributed by atoms with Gasteiger partial charge in [-0.15, -0.1) is 0 Å². The molecule has 0 aliphatic heterocycles. The van der Waals surface area contributed by atoms with Gasteiger partial charge in [0.15, 0.2) is 5.88 Å². The molecule has 1 amide bonds. The van der Waals surface area contributed by atoms with E-state index in [0.29, 0.717) is 12.1 Å². The fourth-order valence-electron chi connectivity index (χ4n) is 3.23. The molecule has 0 radical (unpaired) electrons. The molecule has 2 aromatic rings. The molecule has 0 saturated heterocycles. The van der Waals surface area contributed by atoms with Gasteiger partial charge in [0.2, 0.25) is 5.91 Å². The van der Waals surface area contributed by atoms with Crippen LogP contribution in [0.4, 0.5) is 5.69 Å². The summed E-state index contributed by atoms with van der Waals surface area (Å²) in [5.41, 5.74) is 2.51. The second kappa shape index (κ2) is 10.3. The highest BCUT2D eigenvalue weighted by Crippen LogP contribution is 2.28. The first-order chi connectivity index (χ1) is 14.6. The number of fused-ring (bicyclic) bond motifs is 1. The molecule has 0 bridgehead atoms. The van der Waals surface area contributed by atoms with E-state index in [1.807, 2.05) is 36.4 Å². The van der Waals surface area contributed by atoms with Crippen molar-refractivity contribution in [3.8, 4) is 5.75 Å². The molecular weight excluding hydrogens is 380 g/mol. The quantitative estimate of drug-likeness (QED) is 0.355. The molecule has 30 heavy (non-hydrogen) atoms. The lowest BCUT2D eigenvalue weighted by Crippen LogP contribution is -2.34. The Morgan fingerprint density at radius 1 is 1.23 bits per heavy atom. The molecule has 1 aromatic heterocycles. The molecular formula is C23H28N4O3. The van der Waals surface area contributed by atoms with E-state index < -0.39 is 0 Å². The van der Waals surface area contributed by atoms with Gasteiger partial charge >= 0.3 is 0 Å². The number of pyridine rings is 1. The molecule has 1 aromatic carbocycles. The number of aromatic nitrogens is 1. The average molecular weight is 409 g/mol. The number of carbonyl (C=O) groups is 1. The second-order valence-corrected chi connectivity index (χ2v) is 7.16. The summed E-state index contributed by atoms with van der Waals surface area (Å²) in [5, 5.41) is 20.0. The molecule has 0 spiro atoms. The number of anilines is 1. The van der Waals surface area contributed by atoms with E-state index in [2.05, 4.69) is 27.9 Å². The van der Waals surface area contributed by atoms with Crippen LogP contribution in [-0.2, 0) is 4.79 Å². The van der Waals surface area contributed by atoms with Gasteiger partial charge in [0.25, 0.3) is 0 Å². The number of methoxy groups -OCH3 is 1. The maximum atomic E-state index is 11.9. The van der Waals surface area contributed by atoms with Crippen LogP contribution in [0.3, 0.4) is 0 Å². The zero-order valence-corrected chi connectivity index (χ0v) is 17.3. The van der Waals surface area contributed by atoms with Crippen LogP contribution in [0.2, 0.25) is 0 Å². The van der Waals surface area contributed by atoms with Crippen molar-refractivity contribution in [3.63, 3.8) is 0 Å². The van der Waals surface area contributed by atoms with Crippen molar-refractivity contribution >= 4 is 22.5 Å². The monoisotopic (exact) mass is 408 g/mol. The Balaban J connectivity index is 1.42. The van der Waals surface area contributed by atoms with Gasteiger partial charge in [-0.3, -0.25) is 9.78 Å². The zero-order chi connectivity index (χ0) is 21.3. The number of nitrogens with one attached hydrogen (secondary N) is 3. The van der Waals surface area contributed by atoms with Gasteiger partial charge in [-0.25, -0.2) is 0 Å². The number of allylic oxidation sites excluding steroid dienone is 5. The molecule has 7 heteroatoms. The van der Waals surface area contributed by atoms with E-state index in [1.165, 1.54) is 0 Å². The van der Waals surface area contributed by atoms with Crippen LogP contribution >= 0.6 is 0 Å². The van der Waals surface area contributed by atoms with Crippen LogP contribution in [0.1, 0.15) is 19.8 Å². The van der Waals surface area contributed by atoms with Crippen LogP contribution in [0.5, 0.6) is 5.75 Å². The van der Waals surface area contributed by atoms with Crippen molar-refractivity contribution < 1.29 is 14.6 Å². The maximum Gasteiger partial charge on any atom is 0.239 e. The van der Waals surface area contributed by atoms with Crippen LogP contribution < -0.4 is 20.7 Å². The summed E-state index contributed by atoms with van der Waals surface area (Å²) in [7, 11) is 1.65. The molecule has 7 nitrogen and oxygen atoms in total. The third-order valence-corrected chi connectivity index (χ3v) is 4.80. The highest BCUT2D eigenvalue weighted by atomic mass is 16.5. The predicted molar refractivity (Wildman–Crippen MR) is 120 cm³/mol. The lowest BCUT2D eigenvalue weighted by Gasteiger charge is -2.17. The van der Waals surface area contributed by atoms with Gasteiger partial charge in [-0.05, 0) is 44.1 Å². The summed E-state index contributed by atoms with van der Waals surface area (Å²) in [4.78, 5) is 16.4. The number of ether oxygens (including phenoxy) is 1. The minimum atomic E-state index is -0.156. The second-order valence-electron chi connectivity index (χ2n) is 7.16. The minimum Gasteiger partial charge on any atom is -0.497 e. The largest absolute Gasteiger partial charge is 0.497 e. The molecule has 0 saturated carbocycles. The third-order valence-electron chi connectivity index (χ3n) is 4.80. The van der Waals surface area contributed by atoms with Gasteiger partial charge < -0.3 is 25.8 Å². The highest BCUT2D eigenvalue weighted by Gasteiger charge is 2.10. The Morgan fingerprint density at radius 2 is 2.03 bits per heavy atom. The van der Waals surface area contributed by atoms with Crippen molar-refractivity contribution in [2.45, 2.75) is 25.8 Å². The first-order valence-electron chi connectivity index (χ1n) is 10.0. The molecule has 1 atom stereocenters. The summed E-state index contributed by atoms with van der Waals surface area (Å²) >= 11 is 0. The number of rotatable bonds is 10. The van der Waals surface area contributed by atoms with Gasteiger partial charge in [-0.1, -0.05) is 18.2 Å². The number of aliphatic hydroxyl groups excluding tert-OH is 1. The molecule has 3 rings (SSSR count). The molecule has 1 heterocycles. The lowest BCUT2D eigenvalue weighted by atomic mass is 10.1. The van der Waals surface area contributed by atoms with Crippen molar-refractivity contribution in [3.05, 3.63) is 66.2 Å². The molecule has 0 fully saturated rings. The first-order valence-corrected chi connectivity index (χ1v) is 10.0. The Kier molecular flexibility index (Phi) is 7.32. The highest BCUT2D eigenvalue weighted by molar-refractivity contribution is 5.91. The van der Waals surface area contributed by atoms with Crippen molar-refractivity contribution in [2.75, 3.05) is 25.5 Å². The van der Waals surface area contributed by atoms with Crippen LogP contribution in [0.15, 0.2) is 66.2 Å². The fourth-order valence-corrected chi connectivity index (χ4v) is 3.23. The van der Waals surface area contributed by atoms with Crippen molar-refractivity contribution in [1.29, 1.82) is 0 Å². The van der Waals surface area contributed by atoms with Crippen molar-refractivity contribution in [2.24, 2.45) is 0 Å². The Bertz CT molecular complexity index is 968. The molecule has 158 valence electrons. The normalized spacial score (nSPS) is 13.3. The van der Waals surface area contributed by atoms with E-state index >= 15 is 0 Å². The molecule has 1 aliphatic carbocycles. The Hall–Kier alpha value is -3.48. The summed E-state index contributed by atoms with van der Waals surface area (Å²) in [6.07, 6.45) is 10.7. The summed E-state index contributed by atoms with van der Waals surface area (Å²) in [5.74, 6) is 0.635. The van der Waals surface area contributed by atoms with E-state index in [1.54, 1.807) is 25.5 Å². The predicted octanol–water partition coefficient (Wildman–Crippen LogP) is 3.43. The number of benzene rings is 1. The summed E-state index contributed by atoms with van der Waals surface area (Å²) in [6.45, 7) is 2.71. The summed E-state index contributed by atoms with van der Waals surface area (Å²) < 4.78 is 5.39. The van der Waals surface area contributed by atoms with Crippen LogP contribution in [-0.4, -0.2) is 42.2 Å². The van der Waals surface area contributed by atoms with E-state index in [0.717, 1.165) is 35.2 Å². The zero-order valence-electron chi connectivity index (χ0n) is 17.3. The van der Waals surface area contributed by atoms with E-state index in [9.17, 15) is 9.90 Å². The number of hydrogen-bond donors (Lipinski definition) is 4.